The van der Waals surface area contributed by atoms with Crippen LogP contribution in [-0.2, 0) is 26.2 Å². The second kappa shape index (κ2) is 5.63. The Kier molecular flexibility index (Phi) is 3.91. The monoisotopic (exact) mass is 327 g/mol. The number of halogens is 3. The summed E-state index contributed by atoms with van der Waals surface area (Å²) in [6.07, 6.45) is -3.03. The van der Waals surface area contributed by atoms with Crippen molar-refractivity contribution in [2.45, 2.75) is 30.9 Å². The molecule has 1 aliphatic heterocycles. The lowest BCUT2D eigenvalue weighted by molar-refractivity contribution is -0.174. The number of rotatable bonds is 4. The molecule has 4 nitrogen and oxygen atoms in total. The predicted octanol–water partition coefficient (Wildman–Crippen LogP) is 2.21. The Morgan fingerprint density at radius 2 is 1.96 bits per heavy atom. The topological polar surface area (TPSA) is 46.6 Å². The van der Waals surface area contributed by atoms with Gasteiger partial charge in [0.05, 0.1) is 18.6 Å². The van der Waals surface area contributed by atoms with Gasteiger partial charge in [0, 0.05) is 6.42 Å². The fourth-order valence-corrected chi connectivity index (χ4v) is 3.46. The number of hydrogen-bond acceptors (Lipinski definition) is 3. The van der Waals surface area contributed by atoms with Gasteiger partial charge in [0.25, 0.3) is 0 Å². The first-order chi connectivity index (χ1) is 10.8. The van der Waals surface area contributed by atoms with Crippen molar-refractivity contribution in [1.29, 1.82) is 0 Å². The van der Waals surface area contributed by atoms with Crippen molar-refractivity contribution in [2.75, 3.05) is 19.8 Å². The van der Waals surface area contributed by atoms with Crippen molar-refractivity contribution in [3.05, 3.63) is 35.4 Å². The summed E-state index contributed by atoms with van der Waals surface area (Å²) in [4.78, 5) is 25.9. The minimum atomic E-state index is -4.41. The van der Waals surface area contributed by atoms with Gasteiger partial charge in [0.2, 0.25) is 11.8 Å². The number of nitrogens with zero attached hydrogens (tertiary/aromatic N) is 1. The molecule has 0 radical (unpaired) electrons. The van der Waals surface area contributed by atoms with E-state index in [-0.39, 0.29) is 31.4 Å². The molecule has 1 atom stereocenters. The quantitative estimate of drug-likeness (QED) is 0.629. The van der Waals surface area contributed by atoms with Crippen molar-refractivity contribution >= 4 is 11.8 Å². The summed E-state index contributed by atoms with van der Waals surface area (Å²) in [6, 6.07) is 7.52. The van der Waals surface area contributed by atoms with Gasteiger partial charge >= 0.3 is 6.18 Å². The van der Waals surface area contributed by atoms with E-state index >= 15 is 0 Å². The summed E-state index contributed by atoms with van der Waals surface area (Å²) in [5.41, 5.74) is 1.10. The Labute approximate surface area is 131 Å². The molecule has 23 heavy (non-hydrogen) atoms. The van der Waals surface area contributed by atoms with Crippen LogP contribution in [0.5, 0.6) is 0 Å². The number of amides is 2. The molecular weight excluding hydrogens is 311 g/mol. The van der Waals surface area contributed by atoms with Gasteiger partial charge in [-0.2, -0.15) is 13.2 Å². The first kappa shape index (κ1) is 16.0. The second-order valence-electron chi connectivity index (χ2n) is 5.93. The van der Waals surface area contributed by atoms with Gasteiger partial charge in [-0.05, 0) is 24.0 Å². The van der Waals surface area contributed by atoms with Gasteiger partial charge in [-0.3, -0.25) is 14.5 Å². The highest BCUT2D eigenvalue weighted by Gasteiger charge is 2.55. The van der Waals surface area contributed by atoms with Crippen LogP contribution in [-0.4, -0.2) is 42.6 Å². The lowest BCUT2D eigenvalue weighted by Crippen LogP contribution is -2.39. The first-order valence-electron chi connectivity index (χ1n) is 7.41. The summed E-state index contributed by atoms with van der Waals surface area (Å²) in [7, 11) is 0. The van der Waals surface area contributed by atoms with Crippen molar-refractivity contribution in [3.8, 4) is 0 Å². The minimum absolute atomic E-state index is 0.0854. The average molecular weight is 327 g/mol. The maximum absolute atomic E-state index is 12.7. The summed E-state index contributed by atoms with van der Waals surface area (Å²) in [5, 5.41) is 0. The number of hydrogen-bond donors (Lipinski definition) is 0. The van der Waals surface area contributed by atoms with E-state index in [4.69, 9.17) is 0 Å². The molecule has 1 spiro atoms. The molecule has 2 amide bonds. The SMILES string of the molecule is O=C1CC2(CCc3ccccc32)C(=O)N1CCOCC(F)(F)F. The van der Waals surface area contributed by atoms with E-state index in [1.807, 2.05) is 24.3 Å². The fraction of sp³-hybridized carbons (Fsp3) is 0.500. The Balaban J connectivity index is 1.69. The van der Waals surface area contributed by atoms with Crippen LogP contribution < -0.4 is 0 Å². The highest BCUT2D eigenvalue weighted by atomic mass is 19.4. The molecule has 1 saturated heterocycles. The normalized spacial score (nSPS) is 23.9. The van der Waals surface area contributed by atoms with Crippen LogP contribution in [0, 0.1) is 0 Å². The Morgan fingerprint density at radius 3 is 2.70 bits per heavy atom. The van der Waals surface area contributed by atoms with Crippen LogP contribution in [0.4, 0.5) is 13.2 Å². The Bertz CT molecular complexity index is 644. The third kappa shape index (κ3) is 2.85. The molecule has 0 bridgehead atoms. The van der Waals surface area contributed by atoms with E-state index in [1.165, 1.54) is 0 Å². The summed E-state index contributed by atoms with van der Waals surface area (Å²) < 4.78 is 40.6. The molecular formula is C16H16F3NO3. The van der Waals surface area contributed by atoms with Crippen LogP contribution in [0.3, 0.4) is 0 Å². The largest absolute Gasteiger partial charge is 0.411 e. The van der Waals surface area contributed by atoms with Gasteiger partial charge in [0.1, 0.15) is 6.61 Å². The first-order valence-corrected chi connectivity index (χ1v) is 7.41. The lowest BCUT2D eigenvalue weighted by Gasteiger charge is -2.22. The van der Waals surface area contributed by atoms with Crippen LogP contribution >= 0.6 is 0 Å². The molecule has 1 aromatic carbocycles. The molecule has 1 heterocycles. The van der Waals surface area contributed by atoms with Crippen molar-refractivity contribution in [2.24, 2.45) is 0 Å². The molecule has 1 aliphatic carbocycles. The fourth-order valence-electron chi connectivity index (χ4n) is 3.46. The number of aryl methyl sites for hydroxylation is 1. The number of likely N-dealkylation sites (tertiary alicyclic amines) is 1. The molecule has 2 aliphatic rings. The number of fused-ring (bicyclic) bond motifs is 2. The Hall–Kier alpha value is -1.89. The maximum atomic E-state index is 12.7. The standard InChI is InChI=1S/C16H16F3NO3/c17-16(18,19)10-23-8-7-20-13(21)9-15(14(20)22)6-5-11-3-1-2-4-12(11)15/h1-4H,5-10H2. The molecule has 0 N–H and O–H groups in total. The zero-order chi connectivity index (χ0) is 16.7. The molecule has 124 valence electrons. The number of alkyl halides is 3. The number of benzene rings is 1. The molecule has 3 rings (SSSR count). The van der Waals surface area contributed by atoms with Crippen molar-refractivity contribution in [3.63, 3.8) is 0 Å². The highest BCUT2D eigenvalue weighted by molar-refractivity contribution is 6.09. The second-order valence-corrected chi connectivity index (χ2v) is 5.93. The third-order valence-corrected chi connectivity index (χ3v) is 4.49. The summed E-state index contributed by atoms with van der Waals surface area (Å²) in [6.45, 7) is -1.83. The van der Waals surface area contributed by atoms with Gasteiger partial charge in [0.15, 0.2) is 0 Å². The van der Waals surface area contributed by atoms with Crippen molar-refractivity contribution in [1.82, 2.24) is 4.90 Å². The highest BCUT2D eigenvalue weighted by Crippen LogP contribution is 2.46. The predicted molar refractivity (Wildman–Crippen MR) is 74.7 cm³/mol. The third-order valence-electron chi connectivity index (χ3n) is 4.49. The molecule has 0 aromatic heterocycles. The van der Waals surface area contributed by atoms with Crippen LogP contribution in [0.2, 0.25) is 0 Å². The average Bonchev–Trinajstić information content (AvgIpc) is 2.96. The molecule has 1 unspecified atom stereocenters. The number of ether oxygens (including phenoxy) is 1. The van der Waals surface area contributed by atoms with E-state index in [0.717, 1.165) is 22.4 Å². The summed E-state index contributed by atoms with van der Waals surface area (Å²) in [5.74, 6) is -0.662. The Morgan fingerprint density at radius 1 is 1.22 bits per heavy atom. The van der Waals surface area contributed by atoms with E-state index in [9.17, 15) is 22.8 Å². The van der Waals surface area contributed by atoms with E-state index in [1.54, 1.807) is 0 Å². The molecule has 7 heteroatoms. The molecule has 0 saturated carbocycles. The van der Waals surface area contributed by atoms with Gasteiger partial charge in [-0.15, -0.1) is 0 Å². The number of carbonyl (C=O) groups is 2. The van der Waals surface area contributed by atoms with Gasteiger partial charge in [-0.25, -0.2) is 0 Å². The zero-order valence-electron chi connectivity index (χ0n) is 12.4. The summed E-state index contributed by atoms with van der Waals surface area (Å²) >= 11 is 0. The van der Waals surface area contributed by atoms with E-state index in [2.05, 4.69) is 4.74 Å². The maximum Gasteiger partial charge on any atom is 0.411 e. The van der Waals surface area contributed by atoms with Gasteiger partial charge < -0.3 is 4.74 Å². The van der Waals surface area contributed by atoms with Crippen LogP contribution in [0.25, 0.3) is 0 Å². The van der Waals surface area contributed by atoms with E-state index < -0.39 is 18.2 Å². The van der Waals surface area contributed by atoms with Crippen LogP contribution in [0.1, 0.15) is 24.0 Å². The van der Waals surface area contributed by atoms with Crippen LogP contribution in [0.15, 0.2) is 24.3 Å². The van der Waals surface area contributed by atoms with E-state index in [0.29, 0.717) is 6.42 Å². The minimum Gasteiger partial charge on any atom is -0.370 e. The smallest absolute Gasteiger partial charge is 0.370 e. The lowest BCUT2D eigenvalue weighted by atomic mass is 9.80. The number of imide groups is 1. The molecule has 1 aromatic rings. The number of carbonyl (C=O) groups excluding carboxylic acids is 2. The molecule has 1 fully saturated rings. The van der Waals surface area contributed by atoms with Gasteiger partial charge in [-0.1, -0.05) is 24.3 Å². The van der Waals surface area contributed by atoms with Crippen molar-refractivity contribution < 1.29 is 27.5 Å². The zero-order valence-corrected chi connectivity index (χ0v) is 12.4.